The van der Waals surface area contributed by atoms with Crippen LogP contribution in [0.15, 0.2) is 18.3 Å². The molecule has 4 nitrogen and oxygen atoms in total. The molecule has 0 aliphatic heterocycles. The van der Waals surface area contributed by atoms with Crippen LogP contribution in [0.1, 0.15) is 30.0 Å². The Hall–Kier alpha value is -0.910. The molecule has 6 heteroatoms. The molecule has 0 radical (unpaired) electrons. The molecule has 0 aliphatic carbocycles. The molecule has 0 bridgehead atoms. The minimum atomic E-state index is 0.198. The molecule has 0 spiro atoms. The Morgan fingerprint density at radius 2 is 2.41 bits per heavy atom. The normalized spacial score (nSPS) is 12.8. The summed E-state index contributed by atoms with van der Waals surface area (Å²) in [5.74, 6) is 0. The van der Waals surface area contributed by atoms with E-state index in [0.717, 1.165) is 29.4 Å². The van der Waals surface area contributed by atoms with Gasteiger partial charge < -0.3 is 5.32 Å². The van der Waals surface area contributed by atoms with E-state index in [1.165, 1.54) is 4.88 Å². The summed E-state index contributed by atoms with van der Waals surface area (Å²) in [6.07, 6.45) is 3.76. The average molecular weight is 271 g/mol. The number of aromatic amines is 1. The molecule has 0 amide bonds. The number of rotatable bonds is 6. The zero-order chi connectivity index (χ0) is 12.1. The van der Waals surface area contributed by atoms with E-state index in [4.69, 9.17) is 11.6 Å². The lowest BCUT2D eigenvalue weighted by Gasteiger charge is -2.14. The fourth-order valence-corrected chi connectivity index (χ4v) is 2.77. The summed E-state index contributed by atoms with van der Waals surface area (Å²) in [5.41, 5.74) is 0.947. The number of nitrogens with zero attached hydrogens (tertiary/aromatic N) is 2. The number of hydrogen-bond acceptors (Lipinski definition) is 4. The highest BCUT2D eigenvalue weighted by molar-refractivity contribution is 7.16. The highest BCUT2D eigenvalue weighted by atomic mass is 35.5. The predicted molar refractivity (Wildman–Crippen MR) is 70.5 cm³/mol. The molecule has 2 heterocycles. The maximum atomic E-state index is 5.94. The van der Waals surface area contributed by atoms with Crippen molar-refractivity contribution < 1.29 is 0 Å². The SMILES string of the molecule is CCCNC(Cc1ccc(Cl)s1)c1cn[nH]n1. The van der Waals surface area contributed by atoms with Crippen LogP contribution in [0.4, 0.5) is 0 Å². The Balaban J connectivity index is 2.05. The summed E-state index contributed by atoms with van der Waals surface area (Å²) in [4.78, 5) is 1.26. The van der Waals surface area contributed by atoms with Crippen LogP contribution in [0.2, 0.25) is 4.34 Å². The largest absolute Gasteiger partial charge is 0.308 e. The fraction of sp³-hybridized carbons (Fsp3) is 0.455. The second-order valence-electron chi connectivity index (χ2n) is 3.81. The Labute approximate surface area is 109 Å². The van der Waals surface area contributed by atoms with Gasteiger partial charge in [-0.25, -0.2) is 0 Å². The molecule has 0 saturated heterocycles. The summed E-state index contributed by atoms with van der Waals surface area (Å²) >= 11 is 7.55. The van der Waals surface area contributed by atoms with Crippen molar-refractivity contribution in [2.24, 2.45) is 0 Å². The lowest BCUT2D eigenvalue weighted by Crippen LogP contribution is -2.24. The lowest BCUT2D eigenvalue weighted by molar-refractivity contribution is 0.520. The Morgan fingerprint density at radius 3 is 3.00 bits per heavy atom. The first-order valence-electron chi connectivity index (χ1n) is 5.63. The summed E-state index contributed by atoms with van der Waals surface area (Å²) in [5, 5.41) is 14.1. The van der Waals surface area contributed by atoms with Crippen molar-refractivity contribution in [2.75, 3.05) is 6.54 Å². The van der Waals surface area contributed by atoms with Gasteiger partial charge in [0.25, 0.3) is 0 Å². The first-order valence-corrected chi connectivity index (χ1v) is 6.82. The Morgan fingerprint density at radius 1 is 1.53 bits per heavy atom. The van der Waals surface area contributed by atoms with Crippen molar-refractivity contribution >= 4 is 22.9 Å². The smallest absolute Gasteiger partial charge is 0.0997 e. The average Bonchev–Trinajstić information content (AvgIpc) is 2.95. The molecule has 0 fully saturated rings. The summed E-state index contributed by atoms with van der Waals surface area (Å²) in [7, 11) is 0. The first-order chi connectivity index (χ1) is 8.29. The molecular formula is C11H15ClN4S. The van der Waals surface area contributed by atoms with Crippen LogP contribution in [0, 0.1) is 0 Å². The van der Waals surface area contributed by atoms with Crippen molar-refractivity contribution in [3.63, 3.8) is 0 Å². The molecule has 17 heavy (non-hydrogen) atoms. The molecule has 1 unspecified atom stereocenters. The summed E-state index contributed by atoms with van der Waals surface area (Å²) in [6.45, 7) is 3.12. The Bertz CT molecular complexity index is 440. The third-order valence-corrected chi connectivity index (χ3v) is 3.72. The molecule has 2 aromatic rings. The van der Waals surface area contributed by atoms with Gasteiger partial charge in [0.1, 0.15) is 0 Å². The third-order valence-electron chi connectivity index (χ3n) is 2.47. The standard InChI is InChI=1S/C11H15ClN4S/c1-2-5-13-9(10-7-14-16-15-10)6-8-3-4-11(12)17-8/h3-4,7,9,13H,2,5-6H2,1H3,(H,14,15,16). The monoisotopic (exact) mass is 270 g/mol. The molecule has 2 aromatic heterocycles. The number of halogens is 1. The van der Waals surface area contributed by atoms with Crippen LogP contribution < -0.4 is 5.32 Å². The van der Waals surface area contributed by atoms with E-state index in [1.54, 1.807) is 17.5 Å². The van der Waals surface area contributed by atoms with Crippen molar-refractivity contribution in [1.29, 1.82) is 0 Å². The number of thiophene rings is 1. The van der Waals surface area contributed by atoms with Gasteiger partial charge in [0, 0.05) is 11.3 Å². The van der Waals surface area contributed by atoms with Crippen molar-refractivity contribution in [2.45, 2.75) is 25.8 Å². The Kier molecular flexibility index (Phi) is 4.53. The first kappa shape index (κ1) is 12.5. The van der Waals surface area contributed by atoms with Gasteiger partial charge in [-0.1, -0.05) is 18.5 Å². The van der Waals surface area contributed by atoms with Crippen molar-refractivity contribution in [3.05, 3.63) is 33.2 Å². The van der Waals surface area contributed by atoms with E-state index in [-0.39, 0.29) is 6.04 Å². The van der Waals surface area contributed by atoms with Crippen molar-refractivity contribution in [1.82, 2.24) is 20.7 Å². The van der Waals surface area contributed by atoms with Gasteiger partial charge >= 0.3 is 0 Å². The summed E-state index contributed by atoms with van der Waals surface area (Å²) in [6, 6.07) is 4.19. The van der Waals surface area contributed by atoms with Gasteiger partial charge in [-0.15, -0.1) is 11.3 Å². The van der Waals surface area contributed by atoms with Gasteiger partial charge in [-0.2, -0.15) is 15.4 Å². The quantitative estimate of drug-likeness (QED) is 0.849. The molecule has 0 aromatic carbocycles. The van der Waals surface area contributed by atoms with Crippen molar-refractivity contribution in [3.8, 4) is 0 Å². The number of nitrogens with one attached hydrogen (secondary N) is 2. The minimum absolute atomic E-state index is 0.198. The molecule has 1 atom stereocenters. The fourth-order valence-electron chi connectivity index (χ4n) is 1.64. The van der Waals surface area contributed by atoms with E-state index in [1.807, 2.05) is 6.07 Å². The third kappa shape index (κ3) is 3.52. The summed E-state index contributed by atoms with van der Waals surface area (Å²) < 4.78 is 0.828. The predicted octanol–water partition coefficient (Wildman–Crippen LogP) is 2.80. The molecule has 2 rings (SSSR count). The highest BCUT2D eigenvalue weighted by Crippen LogP contribution is 2.25. The van der Waals surface area contributed by atoms with E-state index < -0.39 is 0 Å². The van der Waals surface area contributed by atoms with Crippen LogP contribution in [0.25, 0.3) is 0 Å². The van der Waals surface area contributed by atoms with E-state index in [9.17, 15) is 0 Å². The second kappa shape index (κ2) is 6.14. The van der Waals surface area contributed by atoms with Gasteiger partial charge in [-0.05, 0) is 25.1 Å². The minimum Gasteiger partial charge on any atom is -0.308 e. The molecule has 92 valence electrons. The van der Waals surface area contributed by atoms with Gasteiger partial charge in [-0.3, -0.25) is 0 Å². The number of H-pyrrole nitrogens is 1. The van der Waals surface area contributed by atoms with E-state index >= 15 is 0 Å². The van der Waals surface area contributed by atoms with Crippen LogP contribution in [-0.2, 0) is 6.42 Å². The van der Waals surface area contributed by atoms with E-state index in [2.05, 4.69) is 33.7 Å². The molecule has 2 N–H and O–H groups in total. The molecule has 0 saturated carbocycles. The van der Waals surface area contributed by atoms with Crippen LogP contribution in [0.3, 0.4) is 0 Å². The lowest BCUT2D eigenvalue weighted by atomic mass is 10.1. The van der Waals surface area contributed by atoms with Crippen LogP contribution in [-0.4, -0.2) is 22.0 Å². The van der Waals surface area contributed by atoms with Crippen LogP contribution >= 0.6 is 22.9 Å². The molecular weight excluding hydrogens is 256 g/mol. The zero-order valence-corrected chi connectivity index (χ0v) is 11.2. The maximum Gasteiger partial charge on any atom is 0.0997 e. The number of aromatic nitrogens is 3. The molecule has 0 aliphatic rings. The second-order valence-corrected chi connectivity index (χ2v) is 5.61. The highest BCUT2D eigenvalue weighted by Gasteiger charge is 2.15. The topological polar surface area (TPSA) is 53.6 Å². The van der Waals surface area contributed by atoms with Crippen LogP contribution in [0.5, 0.6) is 0 Å². The van der Waals surface area contributed by atoms with E-state index in [0.29, 0.717) is 0 Å². The van der Waals surface area contributed by atoms with Gasteiger partial charge in [0.05, 0.1) is 22.3 Å². The van der Waals surface area contributed by atoms with Gasteiger partial charge in [0.15, 0.2) is 0 Å². The number of hydrogen-bond donors (Lipinski definition) is 2. The van der Waals surface area contributed by atoms with Gasteiger partial charge in [0.2, 0.25) is 0 Å². The zero-order valence-electron chi connectivity index (χ0n) is 9.61. The maximum absolute atomic E-state index is 5.94.